The summed E-state index contributed by atoms with van der Waals surface area (Å²) >= 11 is 0. The third-order valence-electron chi connectivity index (χ3n) is 4.68. The summed E-state index contributed by atoms with van der Waals surface area (Å²) in [5.41, 5.74) is 12.0. The number of hydrogen-bond acceptors (Lipinski definition) is 9. The van der Waals surface area contributed by atoms with Crippen molar-refractivity contribution >= 4 is 23.2 Å². The average molecular weight is 387 g/mol. The van der Waals surface area contributed by atoms with Crippen molar-refractivity contribution in [2.75, 3.05) is 24.9 Å². The Balaban J connectivity index is 1.86. The maximum absolute atomic E-state index is 11.8. The van der Waals surface area contributed by atoms with Gasteiger partial charge in [-0.05, 0) is 25.0 Å². The Hall–Kier alpha value is -3.14. The number of nitrogens with one attached hydrogen (secondary N) is 2. The Bertz CT molecular complexity index is 846. The molecule has 2 heterocycles. The number of pyridine rings is 1. The minimum Gasteiger partial charge on any atom is -0.491 e. The van der Waals surface area contributed by atoms with E-state index < -0.39 is 5.91 Å². The Kier molecular flexibility index (Phi) is 6.09. The molecule has 1 saturated carbocycles. The van der Waals surface area contributed by atoms with Gasteiger partial charge in [-0.1, -0.05) is 12.8 Å². The number of methoxy groups -OCH3 is 2. The van der Waals surface area contributed by atoms with Gasteiger partial charge in [0.05, 0.1) is 19.9 Å². The fraction of sp³-hybridized carbons (Fsp3) is 0.444. The molecule has 1 unspecified atom stereocenters. The van der Waals surface area contributed by atoms with Gasteiger partial charge in [0.25, 0.3) is 11.8 Å². The van der Waals surface area contributed by atoms with Gasteiger partial charge in [-0.25, -0.2) is 0 Å². The number of rotatable bonds is 7. The third kappa shape index (κ3) is 4.39. The molecule has 0 aromatic carbocycles. The summed E-state index contributed by atoms with van der Waals surface area (Å²) in [6.07, 6.45) is 4.16. The highest BCUT2D eigenvalue weighted by Crippen LogP contribution is 2.29. The number of anilines is 3. The molecule has 2 aromatic heterocycles. The van der Waals surface area contributed by atoms with Crippen LogP contribution in [0, 0.1) is 0 Å². The summed E-state index contributed by atoms with van der Waals surface area (Å²) in [4.78, 5) is 16.1. The van der Waals surface area contributed by atoms with E-state index in [1.54, 1.807) is 18.2 Å². The van der Waals surface area contributed by atoms with Crippen LogP contribution in [-0.2, 0) is 0 Å². The van der Waals surface area contributed by atoms with Crippen molar-refractivity contribution in [3.8, 4) is 11.6 Å². The zero-order valence-electron chi connectivity index (χ0n) is 15.9. The molecule has 3 rings (SSSR count). The molecule has 0 saturated heterocycles. The van der Waals surface area contributed by atoms with E-state index in [1.165, 1.54) is 14.2 Å². The van der Waals surface area contributed by atoms with Gasteiger partial charge in [0.2, 0.25) is 0 Å². The SMILES string of the molecule is COc1ccc(Nc2cc(N[C@@H]3CCCCC3N)nnc2C(N)=O)nc1OC. The maximum atomic E-state index is 11.8. The molecule has 1 aliphatic rings. The normalized spacial score (nSPS) is 19.0. The van der Waals surface area contributed by atoms with Gasteiger partial charge in [0, 0.05) is 18.2 Å². The number of ether oxygens (including phenoxy) is 2. The predicted molar refractivity (Wildman–Crippen MR) is 105 cm³/mol. The highest BCUT2D eigenvalue weighted by atomic mass is 16.5. The molecule has 28 heavy (non-hydrogen) atoms. The van der Waals surface area contributed by atoms with E-state index in [2.05, 4.69) is 25.8 Å². The van der Waals surface area contributed by atoms with E-state index >= 15 is 0 Å². The minimum atomic E-state index is -0.698. The van der Waals surface area contributed by atoms with E-state index in [4.69, 9.17) is 20.9 Å². The van der Waals surface area contributed by atoms with Crippen molar-refractivity contribution < 1.29 is 14.3 Å². The van der Waals surface area contributed by atoms with Crippen LogP contribution in [0.2, 0.25) is 0 Å². The average Bonchev–Trinajstić information content (AvgIpc) is 2.69. The summed E-state index contributed by atoms with van der Waals surface area (Å²) in [6, 6.07) is 5.22. The molecule has 2 aromatic rings. The lowest BCUT2D eigenvalue weighted by Crippen LogP contribution is -2.42. The highest BCUT2D eigenvalue weighted by molar-refractivity contribution is 5.97. The first-order valence-corrected chi connectivity index (χ1v) is 9.07. The number of aromatic nitrogens is 3. The van der Waals surface area contributed by atoms with Crippen LogP contribution in [0.4, 0.5) is 17.3 Å². The van der Waals surface area contributed by atoms with Crippen molar-refractivity contribution in [1.82, 2.24) is 15.2 Å². The van der Waals surface area contributed by atoms with E-state index in [1.807, 2.05) is 0 Å². The minimum absolute atomic E-state index is 0.00933. The van der Waals surface area contributed by atoms with Gasteiger partial charge < -0.3 is 31.6 Å². The Morgan fingerprint density at radius 3 is 2.61 bits per heavy atom. The second-order valence-electron chi connectivity index (χ2n) is 6.59. The molecule has 0 bridgehead atoms. The van der Waals surface area contributed by atoms with Crippen LogP contribution >= 0.6 is 0 Å². The number of primary amides is 1. The molecular weight excluding hydrogens is 362 g/mol. The zero-order chi connectivity index (χ0) is 20.1. The molecule has 10 nitrogen and oxygen atoms in total. The van der Waals surface area contributed by atoms with Crippen LogP contribution in [0.5, 0.6) is 11.6 Å². The predicted octanol–water partition coefficient (Wildman–Crippen LogP) is 1.41. The standard InChI is InChI=1S/C18H25N7O3/c1-27-13-7-8-14(23-18(13)28-2)22-12-9-15(24-25-16(12)17(20)26)21-11-6-4-3-5-10(11)19/h7-11H,3-6,19H2,1-2H3,(H2,20,26)(H2,21,22,23,24)/t10?,11-/m1/s1. The number of amides is 1. The fourth-order valence-corrected chi connectivity index (χ4v) is 3.21. The molecule has 1 amide bonds. The lowest BCUT2D eigenvalue weighted by atomic mass is 9.91. The second-order valence-corrected chi connectivity index (χ2v) is 6.59. The van der Waals surface area contributed by atoms with Crippen molar-refractivity contribution in [2.45, 2.75) is 37.8 Å². The number of nitrogens with two attached hydrogens (primary N) is 2. The molecule has 0 aliphatic heterocycles. The largest absolute Gasteiger partial charge is 0.491 e. The summed E-state index contributed by atoms with van der Waals surface area (Å²) in [5, 5.41) is 14.4. The van der Waals surface area contributed by atoms with Crippen LogP contribution in [-0.4, -0.2) is 47.4 Å². The molecular formula is C18H25N7O3. The van der Waals surface area contributed by atoms with Crippen molar-refractivity contribution in [1.29, 1.82) is 0 Å². The Labute approximate surface area is 163 Å². The van der Waals surface area contributed by atoms with Gasteiger partial charge >= 0.3 is 0 Å². The van der Waals surface area contributed by atoms with Crippen LogP contribution in [0.1, 0.15) is 36.2 Å². The monoisotopic (exact) mass is 387 g/mol. The lowest BCUT2D eigenvalue weighted by Gasteiger charge is -2.29. The van der Waals surface area contributed by atoms with Crippen LogP contribution < -0.4 is 31.6 Å². The molecule has 1 fully saturated rings. The number of hydrogen-bond donors (Lipinski definition) is 4. The van der Waals surface area contributed by atoms with Crippen molar-refractivity contribution in [2.24, 2.45) is 11.5 Å². The van der Waals surface area contributed by atoms with Gasteiger partial charge in [-0.3, -0.25) is 4.79 Å². The summed E-state index contributed by atoms with van der Waals surface area (Å²) in [5.74, 6) is 1.05. The lowest BCUT2D eigenvalue weighted by molar-refractivity contribution is 0.0995. The van der Waals surface area contributed by atoms with Crippen LogP contribution in [0.15, 0.2) is 18.2 Å². The molecule has 0 radical (unpaired) electrons. The van der Waals surface area contributed by atoms with E-state index in [-0.39, 0.29) is 17.8 Å². The van der Waals surface area contributed by atoms with Crippen LogP contribution in [0.25, 0.3) is 0 Å². The molecule has 1 aliphatic carbocycles. The van der Waals surface area contributed by atoms with Crippen LogP contribution in [0.3, 0.4) is 0 Å². The summed E-state index contributed by atoms with van der Waals surface area (Å²) < 4.78 is 10.4. The smallest absolute Gasteiger partial charge is 0.271 e. The van der Waals surface area contributed by atoms with Gasteiger partial charge in [-0.15, -0.1) is 10.2 Å². The maximum Gasteiger partial charge on any atom is 0.271 e. The molecule has 150 valence electrons. The molecule has 10 heteroatoms. The first-order chi connectivity index (χ1) is 13.5. The number of carbonyl (C=O) groups is 1. The van der Waals surface area contributed by atoms with Crippen molar-refractivity contribution in [3.05, 3.63) is 23.9 Å². The zero-order valence-corrected chi connectivity index (χ0v) is 15.9. The van der Waals surface area contributed by atoms with E-state index in [9.17, 15) is 4.79 Å². The van der Waals surface area contributed by atoms with Crippen molar-refractivity contribution in [3.63, 3.8) is 0 Å². The fourth-order valence-electron chi connectivity index (χ4n) is 3.21. The number of carbonyl (C=O) groups excluding carboxylic acids is 1. The second kappa shape index (κ2) is 8.70. The van der Waals surface area contributed by atoms with E-state index in [0.717, 1.165) is 25.7 Å². The topological polar surface area (TPSA) is 150 Å². The molecule has 2 atom stereocenters. The Morgan fingerprint density at radius 1 is 1.14 bits per heavy atom. The third-order valence-corrected chi connectivity index (χ3v) is 4.68. The molecule has 0 spiro atoms. The first kappa shape index (κ1) is 19.6. The Morgan fingerprint density at radius 2 is 1.93 bits per heavy atom. The first-order valence-electron chi connectivity index (χ1n) is 9.07. The van der Waals surface area contributed by atoms with Gasteiger partial charge in [-0.2, -0.15) is 4.98 Å². The van der Waals surface area contributed by atoms with Gasteiger partial charge in [0.1, 0.15) is 5.82 Å². The summed E-state index contributed by atoms with van der Waals surface area (Å²) in [7, 11) is 3.02. The quantitative estimate of drug-likeness (QED) is 0.553. The molecule has 6 N–H and O–H groups in total. The summed E-state index contributed by atoms with van der Waals surface area (Å²) in [6.45, 7) is 0. The van der Waals surface area contributed by atoms with E-state index in [0.29, 0.717) is 29.0 Å². The highest BCUT2D eigenvalue weighted by Gasteiger charge is 2.23. The number of nitrogens with zero attached hydrogens (tertiary/aromatic N) is 3. The van der Waals surface area contributed by atoms with Gasteiger partial charge in [0.15, 0.2) is 17.3 Å².